The molecule has 0 aliphatic rings. The fraction of sp³-hybridized carbons (Fsp3) is 0.167. The van der Waals surface area contributed by atoms with E-state index in [9.17, 15) is 9.59 Å². The van der Waals surface area contributed by atoms with Gasteiger partial charge in [0.25, 0.3) is 11.1 Å². The Morgan fingerprint density at radius 1 is 1.15 bits per heavy atom. The molecule has 0 radical (unpaired) electrons. The predicted molar refractivity (Wildman–Crippen MR) is 99.3 cm³/mol. The molecular formula is C18H16N4O4S. The summed E-state index contributed by atoms with van der Waals surface area (Å²) >= 11 is 1.12. The second-order valence-corrected chi connectivity index (χ2v) is 6.15. The van der Waals surface area contributed by atoms with Crippen molar-refractivity contribution in [2.24, 2.45) is 0 Å². The van der Waals surface area contributed by atoms with E-state index in [4.69, 9.17) is 9.15 Å². The molecule has 0 fully saturated rings. The second-order valence-electron chi connectivity index (χ2n) is 5.22. The van der Waals surface area contributed by atoms with Crippen molar-refractivity contribution in [1.82, 2.24) is 15.2 Å². The number of carbonyl (C=O) groups is 2. The molecule has 0 saturated heterocycles. The molecule has 2 aromatic heterocycles. The van der Waals surface area contributed by atoms with Crippen molar-refractivity contribution in [2.45, 2.75) is 12.1 Å². The first-order valence-electron chi connectivity index (χ1n) is 8.10. The molecule has 0 aliphatic carbocycles. The number of carbonyl (C=O) groups excluding carboxylic acids is 2. The summed E-state index contributed by atoms with van der Waals surface area (Å²) < 4.78 is 10.4. The summed E-state index contributed by atoms with van der Waals surface area (Å²) in [5, 5.41) is 10.8. The van der Waals surface area contributed by atoms with Crippen LogP contribution >= 0.6 is 11.8 Å². The van der Waals surface area contributed by atoms with Crippen molar-refractivity contribution < 1.29 is 18.7 Å². The molecule has 8 nitrogen and oxygen atoms in total. The zero-order valence-corrected chi connectivity index (χ0v) is 15.2. The number of hydrogen-bond acceptors (Lipinski definition) is 8. The van der Waals surface area contributed by atoms with E-state index >= 15 is 0 Å². The quantitative estimate of drug-likeness (QED) is 0.489. The molecule has 0 atom stereocenters. The van der Waals surface area contributed by atoms with Crippen LogP contribution in [-0.2, 0) is 9.53 Å². The molecule has 0 unspecified atom stereocenters. The molecule has 1 N–H and O–H groups in total. The smallest absolute Gasteiger partial charge is 0.338 e. The molecule has 0 spiro atoms. The van der Waals surface area contributed by atoms with Crippen LogP contribution in [0.1, 0.15) is 17.3 Å². The fourth-order valence-electron chi connectivity index (χ4n) is 2.09. The molecule has 0 aliphatic heterocycles. The Morgan fingerprint density at radius 3 is 2.67 bits per heavy atom. The minimum atomic E-state index is -0.397. The number of benzene rings is 1. The van der Waals surface area contributed by atoms with E-state index in [1.165, 1.54) is 0 Å². The Balaban J connectivity index is 1.51. The fourth-order valence-corrected chi connectivity index (χ4v) is 2.65. The van der Waals surface area contributed by atoms with Crippen LogP contribution in [0.5, 0.6) is 0 Å². The third-order valence-electron chi connectivity index (χ3n) is 3.30. The third kappa shape index (κ3) is 5.14. The summed E-state index contributed by atoms with van der Waals surface area (Å²) in [6, 6.07) is 11.8. The zero-order chi connectivity index (χ0) is 19.1. The first-order chi connectivity index (χ1) is 13.2. The minimum Gasteiger partial charge on any atom is -0.462 e. The number of esters is 1. The van der Waals surface area contributed by atoms with Gasteiger partial charge in [-0.25, -0.2) is 4.79 Å². The van der Waals surface area contributed by atoms with E-state index in [2.05, 4.69) is 20.5 Å². The Morgan fingerprint density at radius 2 is 1.96 bits per heavy atom. The Bertz CT molecular complexity index is 913. The molecule has 2 heterocycles. The summed E-state index contributed by atoms with van der Waals surface area (Å²) in [6.07, 6.45) is 1.63. The molecule has 27 heavy (non-hydrogen) atoms. The van der Waals surface area contributed by atoms with Gasteiger partial charge in [0.2, 0.25) is 5.91 Å². The zero-order valence-electron chi connectivity index (χ0n) is 14.4. The number of amides is 1. The van der Waals surface area contributed by atoms with Crippen LogP contribution in [0.25, 0.3) is 11.6 Å². The lowest BCUT2D eigenvalue weighted by atomic mass is 10.2. The van der Waals surface area contributed by atoms with Gasteiger partial charge in [-0.05, 0) is 43.3 Å². The summed E-state index contributed by atoms with van der Waals surface area (Å²) in [7, 11) is 0. The molecule has 0 saturated carbocycles. The van der Waals surface area contributed by atoms with Crippen molar-refractivity contribution in [3.05, 3.63) is 54.2 Å². The monoisotopic (exact) mass is 384 g/mol. The van der Waals surface area contributed by atoms with Crippen LogP contribution < -0.4 is 5.32 Å². The van der Waals surface area contributed by atoms with Crippen molar-refractivity contribution in [3.63, 3.8) is 0 Å². The van der Waals surface area contributed by atoms with Crippen molar-refractivity contribution >= 4 is 29.3 Å². The number of rotatable bonds is 7. The molecule has 9 heteroatoms. The van der Waals surface area contributed by atoms with Gasteiger partial charge in [-0.3, -0.25) is 9.78 Å². The largest absolute Gasteiger partial charge is 0.462 e. The van der Waals surface area contributed by atoms with Crippen LogP contribution in [-0.4, -0.2) is 39.4 Å². The highest BCUT2D eigenvalue weighted by Gasteiger charge is 2.12. The van der Waals surface area contributed by atoms with Crippen LogP contribution in [0.4, 0.5) is 5.69 Å². The van der Waals surface area contributed by atoms with Gasteiger partial charge >= 0.3 is 5.97 Å². The maximum atomic E-state index is 12.1. The van der Waals surface area contributed by atoms with Gasteiger partial charge in [0, 0.05) is 11.9 Å². The highest BCUT2D eigenvalue weighted by Crippen LogP contribution is 2.21. The number of thioether (sulfide) groups is 1. The Hall–Kier alpha value is -3.20. The number of nitrogens with zero attached hydrogens (tertiary/aromatic N) is 3. The van der Waals surface area contributed by atoms with Gasteiger partial charge in [0.05, 0.1) is 17.9 Å². The number of hydrogen-bond donors (Lipinski definition) is 1. The van der Waals surface area contributed by atoms with Gasteiger partial charge in [-0.15, -0.1) is 10.2 Å². The van der Waals surface area contributed by atoms with E-state index in [1.54, 1.807) is 49.5 Å². The topological polar surface area (TPSA) is 107 Å². The minimum absolute atomic E-state index is 0.101. The first-order valence-corrected chi connectivity index (χ1v) is 9.09. The summed E-state index contributed by atoms with van der Waals surface area (Å²) in [6.45, 7) is 2.05. The molecular weight excluding hydrogens is 368 g/mol. The molecule has 0 bridgehead atoms. The Kier molecular flexibility index (Phi) is 6.16. The number of aromatic nitrogens is 3. The summed E-state index contributed by atoms with van der Waals surface area (Å²) in [5.74, 6) is -0.232. The van der Waals surface area contributed by atoms with E-state index in [0.717, 1.165) is 11.8 Å². The van der Waals surface area contributed by atoms with E-state index in [-0.39, 0.29) is 16.9 Å². The van der Waals surface area contributed by atoms with Gasteiger partial charge < -0.3 is 14.5 Å². The van der Waals surface area contributed by atoms with Gasteiger partial charge in [-0.2, -0.15) is 0 Å². The summed E-state index contributed by atoms with van der Waals surface area (Å²) in [4.78, 5) is 27.8. The maximum Gasteiger partial charge on any atom is 0.338 e. The van der Waals surface area contributed by atoms with E-state index in [0.29, 0.717) is 29.4 Å². The highest BCUT2D eigenvalue weighted by molar-refractivity contribution is 7.99. The third-order valence-corrected chi connectivity index (χ3v) is 4.12. The number of nitrogens with one attached hydrogen (secondary N) is 1. The lowest BCUT2D eigenvalue weighted by Gasteiger charge is -2.05. The molecule has 1 aromatic carbocycles. The van der Waals surface area contributed by atoms with E-state index < -0.39 is 5.97 Å². The highest BCUT2D eigenvalue weighted by atomic mass is 32.2. The normalized spacial score (nSPS) is 10.4. The number of pyridine rings is 1. The average Bonchev–Trinajstić information content (AvgIpc) is 3.17. The Labute approximate surface area is 159 Å². The number of anilines is 1. The number of ether oxygens (including phenoxy) is 1. The van der Waals surface area contributed by atoms with Gasteiger partial charge in [0.15, 0.2) is 0 Å². The van der Waals surface area contributed by atoms with Crippen molar-refractivity contribution in [1.29, 1.82) is 0 Å². The van der Waals surface area contributed by atoms with E-state index in [1.807, 2.05) is 6.07 Å². The SMILES string of the molecule is CCOC(=O)c1ccc(NC(=O)CSc2nnc(-c3ccccn3)o2)cc1. The summed E-state index contributed by atoms with van der Waals surface area (Å²) in [5.41, 5.74) is 1.58. The first kappa shape index (κ1) is 18.6. The van der Waals surface area contributed by atoms with Gasteiger partial charge in [0.1, 0.15) is 5.69 Å². The second kappa shape index (κ2) is 8.95. The average molecular weight is 384 g/mol. The van der Waals surface area contributed by atoms with Crippen LogP contribution in [0.2, 0.25) is 0 Å². The van der Waals surface area contributed by atoms with Crippen molar-refractivity contribution in [2.75, 3.05) is 17.7 Å². The van der Waals surface area contributed by atoms with Crippen LogP contribution in [0.15, 0.2) is 58.3 Å². The van der Waals surface area contributed by atoms with Crippen molar-refractivity contribution in [3.8, 4) is 11.6 Å². The van der Waals surface area contributed by atoms with Crippen LogP contribution in [0.3, 0.4) is 0 Å². The van der Waals surface area contributed by atoms with Crippen LogP contribution in [0, 0.1) is 0 Å². The predicted octanol–water partition coefficient (Wildman–Crippen LogP) is 3.04. The molecule has 1 amide bonds. The maximum absolute atomic E-state index is 12.1. The molecule has 138 valence electrons. The molecule has 3 aromatic rings. The van der Waals surface area contributed by atoms with Gasteiger partial charge in [-0.1, -0.05) is 17.8 Å². The lowest BCUT2D eigenvalue weighted by molar-refractivity contribution is -0.113. The molecule has 3 rings (SSSR count). The lowest BCUT2D eigenvalue weighted by Crippen LogP contribution is -2.14. The standard InChI is InChI=1S/C18H16N4O4S/c1-2-25-17(24)12-6-8-13(9-7-12)20-15(23)11-27-18-22-21-16(26-18)14-5-3-4-10-19-14/h3-10H,2,11H2,1H3,(H,20,23).